The fourth-order valence-corrected chi connectivity index (χ4v) is 6.85. The molecule has 0 aromatic heterocycles. The van der Waals surface area contributed by atoms with Crippen LogP contribution in [-0.4, -0.2) is 49.0 Å². The molecule has 1 saturated heterocycles. The number of hydrogen-bond acceptors (Lipinski definition) is 4. The monoisotopic (exact) mass is 383 g/mol. The highest BCUT2D eigenvalue weighted by molar-refractivity contribution is 5.58. The third kappa shape index (κ3) is 2.31. The largest absolute Gasteiger partial charge is 0.504 e. The van der Waals surface area contributed by atoms with Crippen molar-refractivity contribution in [2.45, 2.75) is 51.0 Å². The van der Waals surface area contributed by atoms with Gasteiger partial charge in [0.25, 0.3) is 0 Å². The molecule has 2 spiro atoms. The molecular formula is C24H33NO3. The molecule has 5 aliphatic rings. The Balaban J connectivity index is 1.62. The van der Waals surface area contributed by atoms with E-state index in [-0.39, 0.29) is 16.9 Å². The van der Waals surface area contributed by atoms with Gasteiger partial charge in [0.1, 0.15) is 6.10 Å². The molecule has 28 heavy (non-hydrogen) atoms. The molecule has 2 heterocycles. The quantitative estimate of drug-likeness (QED) is 0.593. The zero-order chi connectivity index (χ0) is 19.4. The van der Waals surface area contributed by atoms with E-state index < -0.39 is 0 Å². The fourth-order valence-electron chi connectivity index (χ4n) is 6.85. The van der Waals surface area contributed by atoms with Crippen LogP contribution in [0.2, 0.25) is 0 Å². The van der Waals surface area contributed by atoms with E-state index in [1.807, 2.05) is 6.07 Å². The number of nitrogens with zero attached hydrogens (tertiary/aromatic N) is 1. The third-order valence-corrected chi connectivity index (χ3v) is 7.87. The van der Waals surface area contributed by atoms with E-state index in [1.165, 1.54) is 12.0 Å². The third-order valence-electron chi connectivity index (χ3n) is 7.87. The minimum atomic E-state index is -0.0385. The average Bonchev–Trinajstić information content (AvgIpc) is 3.06. The number of para-hydroxylation sites is 1. The molecule has 6 rings (SSSR count). The van der Waals surface area contributed by atoms with E-state index in [0.29, 0.717) is 17.6 Å². The van der Waals surface area contributed by atoms with Gasteiger partial charge in [-0.1, -0.05) is 38.1 Å². The smallest absolute Gasteiger partial charge is 0.165 e. The van der Waals surface area contributed by atoms with Gasteiger partial charge in [-0.15, -0.1) is 0 Å². The molecule has 5 atom stereocenters. The number of rotatable bonds is 6. The highest BCUT2D eigenvalue weighted by Gasteiger charge is 2.71. The molecule has 0 amide bonds. The number of fused-ring (bicyclic) bond motifs is 2. The zero-order valence-electron chi connectivity index (χ0n) is 17.2. The second kappa shape index (κ2) is 6.77. The normalized spacial score (nSPS) is 38.0. The minimum absolute atomic E-state index is 0.0205. The maximum atomic E-state index is 10.6. The molecule has 1 aromatic carbocycles. The number of likely N-dealkylation sites (tertiary alicyclic amines) is 1. The first-order valence-electron chi connectivity index (χ1n) is 11.1. The van der Waals surface area contributed by atoms with E-state index in [2.05, 4.69) is 37.0 Å². The summed E-state index contributed by atoms with van der Waals surface area (Å²) in [4.78, 5) is 2.64. The maximum Gasteiger partial charge on any atom is 0.165 e. The Bertz CT molecular complexity index is 777. The molecule has 152 valence electrons. The fraction of sp³-hybridized carbons (Fsp3) is 0.667. The molecule has 1 N–H and O–H groups in total. The standard InChI is InChI=1S/C24H33NO3/c1-3-11-25-12-10-24-19-6-5-7-20(26)21(19)28-22(24)17-8-9-23(24,16-25)18(14-17)15-27-13-4-2/h5-9,17-18,22,26H,3-4,10-16H2,1-2H3. The van der Waals surface area contributed by atoms with E-state index >= 15 is 0 Å². The Morgan fingerprint density at radius 2 is 2.18 bits per heavy atom. The highest BCUT2D eigenvalue weighted by Crippen LogP contribution is 2.69. The van der Waals surface area contributed by atoms with Crippen molar-refractivity contribution in [1.82, 2.24) is 4.90 Å². The first-order valence-corrected chi connectivity index (χ1v) is 11.1. The number of piperidine rings is 1. The van der Waals surface area contributed by atoms with Crippen LogP contribution in [0, 0.1) is 17.3 Å². The van der Waals surface area contributed by atoms with Crippen LogP contribution in [-0.2, 0) is 10.2 Å². The van der Waals surface area contributed by atoms with Gasteiger partial charge in [0.05, 0.1) is 6.61 Å². The summed E-state index contributed by atoms with van der Waals surface area (Å²) in [5, 5.41) is 10.6. The topological polar surface area (TPSA) is 41.9 Å². The van der Waals surface area contributed by atoms with Crippen LogP contribution in [0.3, 0.4) is 0 Å². The number of hydrogen-bond donors (Lipinski definition) is 1. The Kier molecular flexibility index (Phi) is 4.48. The lowest BCUT2D eigenvalue weighted by Gasteiger charge is -2.65. The molecular weight excluding hydrogens is 350 g/mol. The molecule has 2 bridgehead atoms. The van der Waals surface area contributed by atoms with E-state index in [1.54, 1.807) is 6.07 Å². The van der Waals surface area contributed by atoms with Gasteiger partial charge in [-0.25, -0.2) is 0 Å². The van der Waals surface area contributed by atoms with Crippen molar-refractivity contribution < 1.29 is 14.6 Å². The lowest BCUT2D eigenvalue weighted by atomic mass is 9.41. The highest BCUT2D eigenvalue weighted by atomic mass is 16.5. The van der Waals surface area contributed by atoms with E-state index in [9.17, 15) is 5.11 Å². The van der Waals surface area contributed by atoms with Crippen molar-refractivity contribution in [3.63, 3.8) is 0 Å². The molecule has 2 aliphatic heterocycles. The summed E-state index contributed by atoms with van der Waals surface area (Å²) in [6, 6.07) is 5.98. The van der Waals surface area contributed by atoms with E-state index in [0.717, 1.165) is 57.9 Å². The second-order valence-corrected chi connectivity index (χ2v) is 9.26. The van der Waals surface area contributed by atoms with Gasteiger partial charge < -0.3 is 19.5 Å². The number of ether oxygens (including phenoxy) is 2. The summed E-state index contributed by atoms with van der Waals surface area (Å²) >= 11 is 0. The zero-order valence-corrected chi connectivity index (χ0v) is 17.2. The first kappa shape index (κ1) is 18.5. The van der Waals surface area contributed by atoms with Crippen LogP contribution in [0.1, 0.15) is 45.1 Å². The molecule has 1 saturated carbocycles. The summed E-state index contributed by atoms with van der Waals surface area (Å²) in [5.41, 5.74) is 1.22. The van der Waals surface area contributed by atoms with Crippen LogP contribution in [0.4, 0.5) is 0 Å². The Morgan fingerprint density at radius 3 is 3.00 bits per heavy atom. The van der Waals surface area contributed by atoms with Gasteiger partial charge in [-0.2, -0.15) is 0 Å². The van der Waals surface area contributed by atoms with Gasteiger partial charge in [-0.05, 0) is 50.8 Å². The summed E-state index contributed by atoms with van der Waals surface area (Å²) in [5.74, 6) is 1.94. The predicted molar refractivity (Wildman–Crippen MR) is 110 cm³/mol. The van der Waals surface area contributed by atoms with Crippen molar-refractivity contribution in [2.75, 3.05) is 32.8 Å². The van der Waals surface area contributed by atoms with Gasteiger partial charge in [0.2, 0.25) is 0 Å². The van der Waals surface area contributed by atoms with Crippen molar-refractivity contribution in [3.05, 3.63) is 35.9 Å². The Morgan fingerprint density at radius 1 is 1.29 bits per heavy atom. The van der Waals surface area contributed by atoms with Crippen LogP contribution >= 0.6 is 0 Å². The van der Waals surface area contributed by atoms with Crippen LogP contribution in [0.15, 0.2) is 30.4 Å². The summed E-state index contributed by atoms with van der Waals surface area (Å²) in [6.45, 7) is 9.44. The Labute approximate surface area is 168 Å². The van der Waals surface area contributed by atoms with Crippen molar-refractivity contribution in [3.8, 4) is 11.5 Å². The van der Waals surface area contributed by atoms with Gasteiger partial charge >= 0.3 is 0 Å². The van der Waals surface area contributed by atoms with Crippen LogP contribution in [0.5, 0.6) is 11.5 Å². The van der Waals surface area contributed by atoms with Gasteiger partial charge in [0.15, 0.2) is 11.5 Å². The van der Waals surface area contributed by atoms with E-state index in [4.69, 9.17) is 9.47 Å². The molecule has 4 heteroatoms. The molecule has 3 aliphatic carbocycles. The van der Waals surface area contributed by atoms with Crippen molar-refractivity contribution in [2.24, 2.45) is 17.3 Å². The minimum Gasteiger partial charge on any atom is -0.504 e. The summed E-state index contributed by atoms with van der Waals surface area (Å²) < 4.78 is 12.7. The first-order chi connectivity index (χ1) is 13.7. The predicted octanol–water partition coefficient (Wildman–Crippen LogP) is 4.13. The summed E-state index contributed by atoms with van der Waals surface area (Å²) in [7, 11) is 0. The van der Waals surface area contributed by atoms with Crippen LogP contribution < -0.4 is 4.74 Å². The molecule has 5 unspecified atom stereocenters. The van der Waals surface area contributed by atoms with Crippen molar-refractivity contribution >= 4 is 0 Å². The number of phenolic OH excluding ortho intramolecular Hbond substituents is 1. The SMILES string of the molecule is CCCOCC1CC2C=CC13CN(CCC)CCC31c3cccc(O)c3OC21. The van der Waals surface area contributed by atoms with Crippen LogP contribution in [0.25, 0.3) is 0 Å². The number of aromatic hydroxyl groups is 1. The number of benzene rings is 1. The molecule has 2 fully saturated rings. The summed E-state index contributed by atoms with van der Waals surface area (Å²) in [6.07, 6.45) is 9.56. The lowest BCUT2D eigenvalue weighted by Crippen LogP contribution is -2.70. The maximum absolute atomic E-state index is 10.6. The van der Waals surface area contributed by atoms with Crippen molar-refractivity contribution in [1.29, 1.82) is 0 Å². The second-order valence-electron chi connectivity index (χ2n) is 9.26. The van der Waals surface area contributed by atoms with Gasteiger partial charge in [0, 0.05) is 35.5 Å². The Hall–Kier alpha value is -1.52. The van der Waals surface area contributed by atoms with Gasteiger partial charge in [-0.3, -0.25) is 0 Å². The molecule has 4 nitrogen and oxygen atoms in total. The molecule has 0 radical (unpaired) electrons. The number of phenols is 1. The lowest BCUT2D eigenvalue weighted by molar-refractivity contribution is -0.131. The average molecular weight is 384 g/mol. The molecule has 1 aromatic rings.